The molecule has 5 nitrogen and oxygen atoms in total. The molecule has 0 aromatic heterocycles. The van der Waals surface area contributed by atoms with Crippen molar-refractivity contribution in [3.8, 4) is 0 Å². The Morgan fingerprint density at radius 3 is 2.52 bits per heavy atom. The zero-order valence-electron chi connectivity index (χ0n) is 12.9. The molecule has 1 saturated carbocycles. The predicted octanol–water partition coefficient (Wildman–Crippen LogP) is 2.41. The average Bonchev–Trinajstić information content (AvgIpc) is 2.42. The van der Waals surface area contributed by atoms with Crippen molar-refractivity contribution < 1.29 is 8.42 Å². The molecule has 1 aliphatic carbocycles. The van der Waals surface area contributed by atoms with Gasteiger partial charge in [-0.3, -0.25) is 0 Å². The first-order valence-electron chi connectivity index (χ1n) is 7.43. The number of anilines is 2. The van der Waals surface area contributed by atoms with Gasteiger partial charge in [0.05, 0.1) is 5.69 Å². The van der Waals surface area contributed by atoms with Crippen LogP contribution < -0.4 is 15.8 Å². The van der Waals surface area contributed by atoms with Crippen LogP contribution in [0.1, 0.15) is 33.1 Å². The Morgan fingerprint density at radius 2 is 1.95 bits per heavy atom. The van der Waals surface area contributed by atoms with Gasteiger partial charge in [-0.05, 0) is 56.3 Å². The van der Waals surface area contributed by atoms with Crippen molar-refractivity contribution in [3.63, 3.8) is 0 Å². The van der Waals surface area contributed by atoms with Gasteiger partial charge in [0.15, 0.2) is 0 Å². The number of hydrogen-bond donors (Lipinski definition) is 3. The van der Waals surface area contributed by atoms with Crippen molar-refractivity contribution in [1.29, 1.82) is 0 Å². The molecular formula is C15H25N3O2S. The largest absolute Gasteiger partial charge is 0.398 e. The lowest BCUT2D eigenvalue weighted by atomic mass is 9.80. The first-order chi connectivity index (χ1) is 9.83. The third-order valence-electron chi connectivity index (χ3n) is 4.35. The molecule has 0 heterocycles. The van der Waals surface area contributed by atoms with Crippen LogP contribution in [0.2, 0.25) is 0 Å². The summed E-state index contributed by atoms with van der Waals surface area (Å²) in [5.74, 6) is 1.39. The normalized spacial score (nSPS) is 26.5. The fraction of sp³-hybridized carbons (Fsp3) is 0.600. The van der Waals surface area contributed by atoms with E-state index in [0.717, 1.165) is 18.0 Å². The zero-order chi connectivity index (χ0) is 15.6. The van der Waals surface area contributed by atoms with Crippen molar-refractivity contribution in [2.24, 2.45) is 11.8 Å². The van der Waals surface area contributed by atoms with E-state index >= 15 is 0 Å². The highest BCUT2D eigenvalue weighted by molar-refractivity contribution is 7.89. The zero-order valence-corrected chi connectivity index (χ0v) is 13.7. The van der Waals surface area contributed by atoms with Gasteiger partial charge in [-0.1, -0.05) is 13.8 Å². The topological polar surface area (TPSA) is 84.2 Å². The number of rotatable bonds is 4. The second-order valence-corrected chi connectivity index (χ2v) is 7.96. The second-order valence-electron chi connectivity index (χ2n) is 6.11. The molecule has 0 bridgehead atoms. The molecule has 0 aliphatic heterocycles. The molecule has 21 heavy (non-hydrogen) atoms. The van der Waals surface area contributed by atoms with Gasteiger partial charge in [-0.25, -0.2) is 13.1 Å². The van der Waals surface area contributed by atoms with Crippen LogP contribution in [0.15, 0.2) is 23.1 Å². The van der Waals surface area contributed by atoms with E-state index in [0.29, 0.717) is 12.0 Å². The Hall–Kier alpha value is -1.27. The fourth-order valence-corrected chi connectivity index (χ4v) is 3.92. The SMILES string of the molecule is CNS(=O)(=O)c1ccc(NC2CCC(C)CC2C)cc1N. The summed E-state index contributed by atoms with van der Waals surface area (Å²) in [6.45, 7) is 4.55. The summed E-state index contributed by atoms with van der Waals surface area (Å²) in [4.78, 5) is 0.126. The molecule has 0 saturated heterocycles. The van der Waals surface area contributed by atoms with E-state index in [2.05, 4.69) is 23.9 Å². The number of sulfonamides is 1. The first-order valence-corrected chi connectivity index (χ1v) is 8.91. The van der Waals surface area contributed by atoms with Gasteiger partial charge >= 0.3 is 0 Å². The molecule has 2 rings (SSSR count). The summed E-state index contributed by atoms with van der Waals surface area (Å²) in [6.07, 6.45) is 3.59. The number of nitrogen functional groups attached to an aromatic ring is 1. The van der Waals surface area contributed by atoms with Gasteiger partial charge < -0.3 is 11.1 Å². The lowest BCUT2D eigenvalue weighted by Gasteiger charge is -2.34. The highest BCUT2D eigenvalue weighted by Crippen LogP contribution is 2.31. The molecule has 3 atom stereocenters. The highest BCUT2D eigenvalue weighted by atomic mass is 32.2. The average molecular weight is 311 g/mol. The molecule has 1 aromatic carbocycles. The third kappa shape index (κ3) is 3.68. The van der Waals surface area contributed by atoms with Gasteiger partial charge in [-0.2, -0.15) is 0 Å². The molecule has 0 radical (unpaired) electrons. The Labute approximate surface area is 127 Å². The van der Waals surface area contributed by atoms with Crippen molar-refractivity contribution in [1.82, 2.24) is 4.72 Å². The van der Waals surface area contributed by atoms with Gasteiger partial charge in [0.25, 0.3) is 0 Å². The van der Waals surface area contributed by atoms with Crippen LogP contribution in [-0.4, -0.2) is 21.5 Å². The van der Waals surface area contributed by atoms with Crippen molar-refractivity contribution in [2.75, 3.05) is 18.1 Å². The van der Waals surface area contributed by atoms with Crippen LogP contribution in [0.4, 0.5) is 11.4 Å². The minimum atomic E-state index is -3.50. The maximum absolute atomic E-state index is 11.8. The monoisotopic (exact) mass is 311 g/mol. The predicted molar refractivity (Wildman–Crippen MR) is 86.7 cm³/mol. The summed E-state index contributed by atoms with van der Waals surface area (Å²) in [5, 5.41) is 3.49. The van der Waals surface area contributed by atoms with E-state index in [1.807, 2.05) is 0 Å². The molecule has 1 fully saturated rings. The lowest BCUT2D eigenvalue weighted by molar-refractivity contribution is 0.276. The lowest BCUT2D eigenvalue weighted by Crippen LogP contribution is -2.33. The number of nitrogens with one attached hydrogen (secondary N) is 2. The minimum absolute atomic E-state index is 0.126. The standard InChI is InChI=1S/C15H25N3O2S/c1-10-4-6-14(11(2)8-10)18-12-5-7-15(13(16)9-12)21(19,20)17-3/h5,7,9-11,14,17-18H,4,6,8,16H2,1-3H3. The molecule has 4 N–H and O–H groups in total. The highest BCUT2D eigenvalue weighted by Gasteiger charge is 2.25. The molecule has 3 unspecified atom stereocenters. The number of nitrogens with two attached hydrogens (primary N) is 1. The van der Waals surface area contributed by atoms with Crippen molar-refractivity contribution in [3.05, 3.63) is 18.2 Å². The maximum Gasteiger partial charge on any atom is 0.242 e. The van der Waals surface area contributed by atoms with Gasteiger partial charge in [0, 0.05) is 11.7 Å². The van der Waals surface area contributed by atoms with Crippen LogP contribution in [-0.2, 0) is 10.0 Å². The third-order valence-corrected chi connectivity index (χ3v) is 5.84. The van der Waals surface area contributed by atoms with Gasteiger partial charge in [0.2, 0.25) is 10.0 Å². The Kier molecular flexibility index (Phi) is 4.78. The quantitative estimate of drug-likeness (QED) is 0.746. The molecule has 6 heteroatoms. The fourth-order valence-electron chi connectivity index (χ4n) is 3.09. The smallest absolute Gasteiger partial charge is 0.242 e. The second kappa shape index (κ2) is 6.23. The molecule has 0 amide bonds. The maximum atomic E-state index is 11.8. The molecule has 1 aliphatic rings. The van der Waals surface area contributed by atoms with E-state index in [4.69, 9.17) is 5.73 Å². The van der Waals surface area contributed by atoms with Crippen molar-refractivity contribution in [2.45, 2.75) is 44.0 Å². The first kappa shape index (κ1) is 16.1. The van der Waals surface area contributed by atoms with Gasteiger partial charge in [0.1, 0.15) is 4.90 Å². The van der Waals surface area contributed by atoms with E-state index in [9.17, 15) is 8.42 Å². The van der Waals surface area contributed by atoms with Crippen molar-refractivity contribution >= 4 is 21.4 Å². The molecule has 0 spiro atoms. The summed E-state index contributed by atoms with van der Waals surface area (Å²) >= 11 is 0. The Morgan fingerprint density at radius 1 is 1.24 bits per heavy atom. The van der Waals surface area contributed by atoms with E-state index in [1.165, 1.54) is 19.9 Å². The Balaban J connectivity index is 2.14. The number of hydrogen-bond acceptors (Lipinski definition) is 4. The molecule has 118 valence electrons. The van der Waals surface area contributed by atoms with Crippen LogP contribution in [0.5, 0.6) is 0 Å². The van der Waals surface area contributed by atoms with Crippen LogP contribution in [0.3, 0.4) is 0 Å². The Bertz CT molecular complexity index is 601. The minimum Gasteiger partial charge on any atom is -0.398 e. The summed E-state index contributed by atoms with van der Waals surface area (Å²) in [7, 11) is -2.12. The number of benzene rings is 1. The van der Waals surface area contributed by atoms with E-state index in [-0.39, 0.29) is 10.6 Å². The molecule has 1 aromatic rings. The molecular weight excluding hydrogens is 286 g/mol. The summed E-state index contributed by atoms with van der Waals surface area (Å²) in [5.41, 5.74) is 7.04. The van der Waals surface area contributed by atoms with E-state index < -0.39 is 10.0 Å². The summed E-state index contributed by atoms with van der Waals surface area (Å²) < 4.78 is 25.9. The summed E-state index contributed by atoms with van der Waals surface area (Å²) in [6, 6.07) is 5.47. The van der Waals surface area contributed by atoms with Crippen LogP contribution in [0.25, 0.3) is 0 Å². The van der Waals surface area contributed by atoms with Crippen LogP contribution >= 0.6 is 0 Å². The van der Waals surface area contributed by atoms with E-state index in [1.54, 1.807) is 18.2 Å². The van der Waals surface area contributed by atoms with Crippen LogP contribution in [0, 0.1) is 11.8 Å². The van der Waals surface area contributed by atoms with Gasteiger partial charge in [-0.15, -0.1) is 0 Å².